The van der Waals surface area contributed by atoms with Crippen molar-refractivity contribution in [3.8, 4) is 17.4 Å². The Hall–Kier alpha value is -3.50. The Bertz CT molecular complexity index is 854. The van der Waals surface area contributed by atoms with Gasteiger partial charge in [0, 0.05) is 12.1 Å². The number of ether oxygens (including phenoxy) is 3. The maximum Gasteiger partial charge on any atom is 0.573 e. The van der Waals surface area contributed by atoms with E-state index in [-0.39, 0.29) is 17.4 Å². The number of hydrogen-bond acceptors (Lipinski definition) is 6. The molecule has 0 aliphatic rings. The highest BCUT2D eigenvalue weighted by atomic mass is 19.4. The summed E-state index contributed by atoms with van der Waals surface area (Å²) in [4.78, 5) is 19.1. The zero-order valence-corrected chi connectivity index (χ0v) is 15.1. The number of alkyl halides is 3. The van der Waals surface area contributed by atoms with E-state index in [0.717, 1.165) is 6.07 Å². The minimum Gasteiger partial charge on any atom is -0.452 e. The fraction of sp³-hybridized carbons (Fsp3) is 0.235. The first-order valence-electron chi connectivity index (χ1n) is 7.82. The molecule has 1 aromatic carbocycles. The third-order valence-electron chi connectivity index (χ3n) is 3.16. The SMILES string of the molecule is COC(=O)NNC(C)=Nc1ccc(Oc2ccc(C)c(OC(F)(F)F)c2)nc1. The van der Waals surface area contributed by atoms with Crippen LogP contribution in [0.15, 0.2) is 41.5 Å². The van der Waals surface area contributed by atoms with Crippen molar-refractivity contribution < 1.29 is 32.2 Å². The molecule has 0 atom stereocenters. The number of amidine groups is 1. The number of carbonyl (C=O) groups is 1. The molecule has 1 amide bonds. The second-order valence-corrected chi connectivity index (χ2v) is 5.37. The van der Waals surface area contributed by atoms with E-state index in [1.165, 1.54) is 38.4 Å². The molecule has 1 heterocycles. The Balaban J connectivity index is 2.04. The van der Waals surface area contributed by atoms with E-state index in [1.54, 1.807) is 13.0 Å². The molecule has 0 saturated heterocycles. The highest BCUT2D eigenvalue weighted by Crippen LogP contribution is 2.31. The number of nitrogens with one attached hydrogen (secondary N) is 2. The first kappa shape index (κ1) is 20.8. The van der Waals surface area contributed by atoms with Gasteiger partial charge in [-0.25, -0.2) is 20.2 Å². The van der Waals surface area contributed by atoms with Crippen LogP contribution in [0.25, 0.3) is 0 Å². The molecule has 11 heteroatoms. The summed E-state index contributed by atoms with van der Waals surface area (Å²) in [7, 11) is 1.22. The normalized spacial score (nSPS) is 11.6. The van der Waals surface area contributed by atoms with E-state index < -0.39 is 12.5 Å². The standard InChI is InChI=1S/C17H17F3N4O4/c1-10-4-6-13(8-14(10)28-17(18,19)20)27-15-7-5-12(9-21-15)22-11(2)23-24-16(25)26-3/h4-9H,1-3H3,(H,22,23)(H,24,25). The number of hydrogen-bond donors (Lipinski definition) is 2. The molecule has 0 unspecified atom stereocenters. The molecule has 0 bridgehead atoms. The number of carbonyl (C=O) groups excluding carboxylic acids is 1. The molecule has 1 aromatic heterocycles. The van der Waals surface area contributed by atoms with Crippen molar-refractivity contribution in [2.24, 2.45) is 4.99 Å². The topological polar surface area (TPSA) is 94.1 Å². The second kappa shape index (κ2) is 8.93. The smallest absolute Gasteiger partial charge is 0.452 e. The van der Waals surface area contributed by atoms with Crippen LogP contribution < -0.4 is 20.3 Å². The summed E-state index contributed by atoms with van der Waals surface area (Å²) in [5.74, 6) is 0.298. The quantitative estimate of drug-likeness (QED) is 0.460. The molecule has 0 saturated carbocycles. The van der Waals surface area contributed by atoms with E-state index in [1.807, 2.05) is 0 Å². The molecular formula is C17H17F3N4O4. The van der Waals surface area contributed by atoms with E-state index in [2.05, 4.69) is 30.3 Å². The average molecular weight is 398 g/mol. The van der Waals surface area contributed by atoms with Crippen LogP contribution >= 0.6 is 0 Å². The summed E-state index contributed by atoms with van der Waals surface area (Å²) < 4.78 is 51.1. The number of aryl methyl sites for hydroxylation is 1. The van der Waals surface area contributed by atoms with Gasteiger partial charge in [-0.3, -0.25) is 5.43 Å². The van der Waals surface area contributed by atoms with E-state index in [0.29, 0.717) is 17.1 Å². The van der Waals surface area contributed by atoms with Gasteiger partial charge in [-0.1, -0.05) is 6.07 Å². The Morgan fingerprint density at radius 1 is 1.18 bits per heavy atom. The number of nitrogens with zero attached hydrogens (tertiary/aromatic N) is 2. The van der Waals surface area contributed by atoms with E-state index >= 15 is 0 Å². The molecule has 0 fully saturated rings. The fourth-order valence-corrected chi connectivity index (χ4v) is 1.91. The van der Waals surface area contributed by atoms with Crippen LogP contribution in [0.1, 0.15) is 12.5 Å². The minimum atomic E-state index is -4.80. The molecule has 8 nitrogen and oxygen atoms in total. The van der Waals surface area contributed by atoms with Gasteiger partial charge in [0.05, 0.1) is 19.0 Å². The summed E-state index contributed by atoms with van der Waals surface area (Å²) >= 11 is 0. The number of methoxy groups -OCH3 is 1. The molecule has 2 N–H and O–H groups in total. The first-order chi connectivity index (χ1) is 13.2. The van der Waals surface area contributed by atoms with Crippen LogP contribution in [0.3, 0.4) is 0 Å². The van der Waals surface area contributed by atoms with Crippen molar-refractivity contribution in [3.63, 3.8) is 0 Å². The predicted molar refractivity (Wildman–Crippen MR) is 93.6 cm³/mol. The van der Waals surface area contributed by atoms with Gasteiger partial charge >= 0.3 is 12.5 Å². The number of hydrazine groups is 1. The highest BCUT2D eigenvalue weighted by molar-refractivity contribution is 5.84. The van der Waals surface area contributed by atoms with Crippen molar-refractivity contribution >= 4 is 17.6 Å². The predicted octanol–water partition coefficient (Wildman–Crippen LogP) is 3.99. The summed E-state index contributed by atoms with van der Waals surface area (Å²) in [6.45, 7) is 3.09. The zero-order chi connectivity index (χ0) is 20.7. The van der Waals surface area contributed by atoms with Crippen molar-refractivity contribution in [3.05, 3.63) is 42.1 Å². The average Bonchev–Trinajstić information content (AvgIpc) is 2.63. The van der Waals surface area contributed by atoms with Gasteiger partial charge in [-0.15, -0.1) is 13.2 Å². The minimum absolute atomic E-state index is 0.133. The van der Waals surface area contributed by atoms with Crippen LogP contribution in [0.5, 0.6) is 17.4 Å². The molecule has 0 radical (unpaired) electrons. The number of aromatic nitrogens is 1. The second-order valence-electron chi connectivity index (χ2n) is 5.37. The van der Waals surface area contributed by atoms with Crippen molar-refractivity contribution in [1.82, 2.24) is 15.8 Å². The van der Waals surface area contributed by atoms with Gasteiger partial charge in [0.1, 0.15) is 17.3 Å². The Labute approximate surface area is 158 Å². The number of pyridine rings is 1. The van der Waals surface area contributed by atoms with Crippen LogP contribution in [0.2, 0.25) is 0 Å². The largest absolute Gasteiger partial charge is 0.573 e. The van der Waals surface area contributed by atoms with Crippen LogP contribution in [-0.2, 0) is 4.74 Å². The monoisotopic (exact) mass is 398 g/mol. The van der Waals surface area contributed by atoms with Crippen molar-refractivity contribution in [1.29, 1.82) is 0 Å². The van der Waals surface area contributed by atoms with Gasteiger partial charge in [0.2, 0.25) is 5.88 Å². The van der Waals surface area contributed by atoms with Crippen LogP contribution in [-0.4, -0.2) is 30.4 Å². The molecule has 150 valence electrons. The Morgan fingerprint density at radius 3 is 2.54 bits per heavy atom. The molecule has 0 spiro atoms. The van der Waals surface area contributed by atoms with E-state index in [9.17, 15) is 18.0 Å². The summed E-state index contributed by atoms with van der Waals surface area (Å²) in [6.07, 6.45) is -4.08. The Kier molecular flexibility index (Phi) is 6.64. The lowest BCUT2D eigenvalue weighted by atomic mass is 10.2. The number of amides is 1. The molecular weight excluding hydrogens is 381 g/mol. The van der Waals surface area contributed by atoms with Gasteiger partial charge < -0.3 is 14.2 Å². The van der Waals surface area contributed by atoms with Crippen LogP contribution in [0, 0.1) is 6.92 Å². The number of aliphatic imine (C=N–C) groups is 1. The Morgan fingerprint density at radius 2 is 1.93 bits per heavy atom. The lowest BCUT2D eigenvalue weighted by Crippen LogP contribution is -2.40. The first-order valence-corrected chi connectivity index (χ1v) is 7.82. The third-order valence-corrected chi connectivity index (χ3v) is 3.16. The maximum atomic E-state index is 12.4. The zero-order valence-electron chi connectivity index (χ0n) is 15.1. The van der Waals surface area contributed by atoms with Gasteiger partial charge in [0.25, 0.3) is 0 Å². The lowest BCUT2D eigenvalue weighted by Gasteiger charge is -2.13. The van der Waals surface area contributed by atoms with Gasteiger partial charge in [-0.2, -0.15) is 0 Å². The lowest BCUT2D eigenvalue weighted by molar-refractivity contribution is -0.274. The van der Waals surface area contributed by atoms with Gasteiger partial charge in [-0.05, 0) is 31.5 Å². The third kappa shape index (κ3) is 6.67. The molecule has 2 aromatic rings. The molecule has 28 heavy (non-hydrogen) atoms. The van der Waals surface area contributed by atoms with Crippen LogP contribution in [0.4, 0.5) is 23.7 Å². The summed E-state index contributed by atoms with van der Waals surface area (Å²) in [5.41, 5.74) is 5.53. The highest BCUT2D eigenvalue weighted by Gasteiger charge is 2.31. The summed E-state index contributed by atoms with van der Waals surface area (Å²) in [5, 5.41) is 0. The number of rotatable bonds is 4. The van der Waals surface area contributed by atoms with Crippen molar-refractivity contribution in [2.45, 2.75) is 20.2 Å². The number of halogens is 3. The van der Waals surface area contributed by atoms with Crippen molar-refractivity contribution in [2.75, 3.05) is 7.11 Å². The summed E-state index contributed by atoms with van der Waals surface area (Å²) in [6, 6.07) is 7.14. The van der Waals surface area contributed by atoms with Gasteiger partial charge in [0.15, 0.2) is 0 Å². The number of benzene rings is 1. The fourth-order valence-electron chi connectivity index (χ4n) is 1.91. The maximum absolute atomic E-state index is 12.4. The van der Waals surface area contributed by atoms with E-state index in [4.69, 9.17) is 4.74 Å². The molecule has 2 rings (SSSR count). The molecule has 0 aliphatic heterocycles. The molecule has 0 aliphatic carbocycles.